The smallest absolute Gasteiger partial charge is 0.142 e. The van der Waals surface area contributed by atoms with Crippen molar-refractivity contribution in [2.75, 3.05) is 0 Å². The molecule has 0 amide bonds. The van der Waals surface area contributed by atoms with Gasteiger partial charge in [-0.2, -0.15) is 0 Å². The van der Waals surface area contributed by atoms with E-state index in [9.17, 15) is 4.79 Å². The van der Waals surface area contributed by atoms with Gasteiger partial charge in [0.05, 0.1) is 0 Å². The summed E-state index contributed by atoms with van der Waals surface area (Å²) in [5.74, 6) is 0. The average Bonchev–Trinajstić information content (AvgIpc) is 2.38. The summed E-state index contributed by atoms with van der Waals surface area (Å²) < 4.78 is 0. The van der Waals surface area contributed by atoms with Crippen LogP contribution in [0.3, 0.4) is 0 Å². The predicted molar refractivity (Wildman–Crippen MR) is 73.7 cm³/mol. The van der Waals surface area contributed by atoms with E-state index in [0.29, 0.717) is 0 Å². The van der Waals surface area contributed by atoms with Crippen molar-refractivity contribution < 1.29 is 4.79 Å². The van der Waals surface area contributed by atoms with E-state index in [2.05, 4.69) is 36.4 Å². The Morgan fingerprint density at radius 1 is 0.882 bits per heavy atom. The Balaban J connectivity index is 2.16. The van der Waals surface area contributed by atoms with Gasteiger partial charge < -0.3 is 0 Å². The molecule has 0 atom stereocenters. The summed E-state index contributed by atoms with van der Waals surface area (Å²) in [7, 11) is 0. The van der Waals surface area contributed by atoms with Crippen molar-refractivity contribution in [2.45, 2.75) is 19.3 Å². The molecule has 0 heterocycles. The van der Waals surface area contributed by atoms with Crippen molar-refractivity contribution in [1.29, 1.82) is 0 Å². The molecule has 0 unspecified atom stereocenters. The van der Waals surface area contributed by atoms with Gasteiger partial charge in [0.25, 0.3) is 0 Å². The maximum atomic E-state index is 10.0. The summed E-state index contributed by atoms with van der Waals surface area (Å²) in [6.07, 6.45) is 15.7. The number of benzene rings is 1. The zero-order valence-electron chi connectivity index (χ0n) is 9.96. The fraction of sp³-hybridized carbons (Fsp3) is 0.188. The molecule has 0 bridgehead atoms. The predicted octanol–water partition coefficient (Wildman–Crippen LogP) is 4.18. The van der Waals surface area contributed by atoms with Gasteiger partial charge in [-0.3, -0.25) is 4.79 Å². The Morgan fingerprint density at radius 3 is 2.29 bits per heavy atom. The molecule has 17 heavy (non-hydrogen) atoms. The first-order valence-corrected chi connectivity index (χ1v) is 5.92. The molecule has 1 aromatic carbocycles. The van der Waals surface area contributed by atoms with Gasteiger partial charge in [-0.25, -0.2) is 0 Å². The number of rotatable bonds is 7. The number of hydrogen-bond acceptors (Lipinski definition) is 1. The summed E-state index contributed by atoms with van der Waals surface area (Å²) in [5, 5.41) is 0. The van der Waals surface area contributed by atoms with Crippen LogP contribution in [0.2, 0.25) is 0 Å². The Hall–Kier alpha value is -1.89. The number of aldehydes is 1. The fourth-order valence-electron chi connectivity index (χ4n) is 1.41. The quantitative estimate of drug-likeness (QED) is 0.295. The van der Waals surface area contributed by atoms with Gasteiger partial charge in [-0.1, -0.05) is 60.7 Å². The summed E-state index contributed by atoms with van der Waals surface area (Å²) in [6.45, 7) is 0. The van der Waals surface area contributed by atoms with Gasteiger partial charge in [0.1, 0.15) is 6.29 Å². The second-order valence-electron chi connectivity index (χ2n) is 3.69. The van der Waals surface area contributed by atoms with E-state index in [1.807, 2.05) is 24.3 Å². The molecule has 1 aromatic rings. The van der Waals surface area contributed by atoms with Crippen molar-refractivity contribution in [3.63, 3.8) is 0 Å². The number of hydrogen-bond donors (Lipinski definition) is 0. The summed E-state index contributed by atoms with van der Waals surface area (Å²) >= 11 is 0. The average molecular weight is 226 g/mol. The molecule has 0 spiro atoms. The molecule has 1 nitrogen and oxygen atoms in total. The zero-order chi connectivity index (χ0) is 12.2. The second-order valence-corrected chi connectivity index (χ2v) is 3.69. The van der Waals surface area contributed by atoms with Crippen LogP contribution in [-0.2, 0) is 4.79 Å². The third kappa shape index (κ3) is 7.07. The molecule has 0 saturated carbocycles. The van der Waals surface area contributed by atoms with E-state index in [1.165, 1.54) is 5.56 Å². The van der Waals surface area contributed by atoms with Gasteiger partial charge in [-0.15, -0.1) is 0 Å². The normalized spacial score (nSPS) is 11.8. The van der Waals surface area contributed by atoms with Crippen molar-refractivity contribution in [3.8, 4) is 0 Å². The minimum Gasteiger partial charge on any atom is -0.299 e. The van der Waals surface area contributed by atoms with Crippen LogP contribution in [0.25, 0.3) is 6.08 Å². The van der Waals surface area contributed by atoms with Gasteiger partial charge in [0, 0.05) is 0 Å². The Labute approximate surface area is 103 Å². The summed E-state index contributed by atoms with van der Waals surface area (Å²) in [6, 6.07) is 10.2. The lowest BCUT2D eigenvalue weighted by molar-refractivity contribution is -0.104. The van der Waals surface area contributed by atoms with Gasteiger partial charge in [0.2, 0.25) is 0 Å². The minimum absolute atomic E-state index is 0.818. The third-order valence-corrected chi connectivity index (χ3v) is 2.29. The molecule has 0 aliphatic carbocycles. The second kappa shape index (κ2) is 9.34. The van der Waals surface area contributed by atoms with E-state index in [-0.39, 0.29) is 0 Å². The first-order chi connectivity index (χ1) is 8.43. The summed E-state index contributed by atoms with van der Waals surface area (Å²) in [5.41, 5.74) is 1.21. The minimum atomic E-state index is 0.818. The van der Waals surface area contributed by atoms with Crippen LogP contribution in [0.5, 0.6) is 0 Å². The zero-order valence-corrected chi connectivity index (χ0v) is 9.96. The molecule has 0 N–H and O–H groups in total. The Bertz CT molecular complexity index is 385. The van der Waals surface area contributed by atoms with E-state index >= 15 is 0 Å². The van der Waals surface area contributed by atoms with Gasteiger partial charge in [-0.05, 0) is 30.9 Å². The maximum absolute atomic E-state index is 10.0. The lowest BCUT2D eigenvalue weighted by atomic mass is 10.2. The highest BCUT2D eigenvalue weighted by atomic mass is 16.1. The first-order valence-electron chi connectivity index (χ1n) is 5.92. The number of unbranched alkanes of at least 4 members (excludes halogenated alkanes) is 2. The molecular weight excluding hydrogens is 208 g/mol. The lowest BCUT2D eigenvalue weighted by Gasteiger charge is -1.89. The molecule has 0 fully saturated rings. The molecule has 0 aromatic heterocycles. The Morgan fingerprint density at radius 2 is 1.59 bits per heavy atom. The fourth-order valence-corrected chi connectivity index (χ4v) is 1.41. The van der Waals surface area contributed by atoms with Crippen LogP contribution >= 0.6 is 0 Å². The monoisotopic (exact) mass is 226 g/mol. The molecule has 0 aliphatic rings. The van der Waals surface area contributed by atoms with Crippen molar-refractivity contribution in [2.24, 2.45) is 0 Å². The van der Waals surface area contributed by atoms with Crippen LogP contribution < -0.4 is 0 Å². The van der Waals surface area contributed by atoms with Crippen LogP contribution in [-0.4, -0.2) is 6.29 Å². The van der Waals surface area contributed by atoms with Gasteiger partial charge >= 0.3 is 0 Å². The molecule has 0 radical (unpaired) electrons. The van der Waals surface area contributed by atoms with Crippen LogP contribution in [0, 0.1) is 0 Å². The van der Waals surface area contributed by atoms with Crippen LogP contribution in [0.1, 0.15) is 24.8 Å². The van der Waals surface area contributed by atoms with Crippen molar-refractivity contribution >= 4 is 12.4 Å². The van der Waals surface area contributed by atoms with Crippen LogP contribution in [0.15, 0.2) is 60.7 Å². The number of carbonyl (C=O) groups excluding carboxylic acids is 1. The molecule has 1 rings (SSSR count). The highest BCUT2D eigenvalue weighted by Crippen LogP contribution is 2.02. The highest BCUT2D eigenvalue weighted by Gasteiger charge is 1.81. The molecular formula is C16H18O. The van der Waals surface area contributed by atoms with E-state index in [4.69, 9.17) is 0 Å². The number of carbonyl (C=O) groups is 1. The van der Waals surface area contributed by atoms with E-state index in [1.54, 1.807) is 6.08 Å². The largest absolute Gasteiger partial charge is 0.299 e. The molecule has 1 heteroatoms. The van der Waals surface area contributed by atoms with Crippen molar-refractivity contribution in [3.05, 3.63) is 66.3 Å². The summed E-state index contributed by atoms with van der Waals surface area (Å²) in [4.78, 5) is 10.0. The van der Waals surface area contributed by atoms with E-state index in [0.717, 1.165) is 25.5 Å². The maximum Gasteiger partial charge on any atom is 0.142 e. The lowest BCUT2D eigenvalue weighted by Crippen LogP contribution is -1.70. The van der Waals surface area contributed by atoms with Gasteiger partial charge in [0.15, 0.2) is 0 Å². The highest BCUT2D eigenvalue weighted by molar-refractivity contribution is 5.64. The Kier molecular flexibility index (Phi) is 7.24. The molecule has 0 saturated heterocycles. The standard InChI is InChI=1S/C16H18O/c17-15-11-6-4-2-1-3-5-8-12-16-13-9-7-10-14-16/h3,5-15H,1-2,4H2. The third-order valence-electron chi connectivity index (χ3n) is 2.29. The number of allylic oxidation sites excluding steroid dienone is 5. The topological polar surface area (TPSA) is 17.1 Å². The molecule has 0 aliphatic heterocycles. The SMILES string of the molecule is O=CC=CCCCC=CC=Cc1ccccc1. The van der Waals surface area contributed by atoms with E-state index < -0.39 is 0 Å². The molecule has 88 valence electrons. The van der Waals surface area contributed by atoms with Crippen molar-refractivity contribution in [1.82, 2.24) is 0 Å². The first kappa shape index (κ1) is 13.2. The van der Waals surface area contributed by atoms with Crippen LogP contribution in [0.4, 0.5) is 0 Å².